The Balaban J connectivity index is 1.62. The van der Waals surface area contributed by atoms with Crippen LogP contribution in [0.25, 0.3) is 0 Å². The van der Waals surface area contributed by atoms with Crippen molar-refractivity contribution in [3.8, 4) is 5.75 Å². The Morgan fingerprint density at radius 2 is 2.14 bits per heavy atom. The molecule has 2 N–H and O–H groups in total. The quantitative estimate of drug-likeness (QED) is 0.874. The number of ether oxygens (including phenoxy) is 1. The molecule has 3 rings (SSSR count). The van der Waals surface area contributed by atoms with Gasteiger partial charge in [-0.25, -0.2) is 4.39 Å². The molecule has 1 saturated carbocycles. The van der Waals surface area contributed by atoms with E-state index in [1.807, 2.05) is 6.07 Å². The first kappa shape index (κ1) is 14.3. The number of rotatable bonds is 5. The van der Waals surface area contributed by atoms with E-state index in [0.29, 0.717) is 25.6 Å². The minimum Gasteiger partial charge on any atom is -0.478 e. The maximum absolute atomic E-state index is 14.1. The minimum atomic E-state index is -0.586. The Morgan fingerprint density at radius 1 is 1.29 bits per heavy atom. The molecule has 114 valence electrons. The molecule has 0 aromatic heterocycles. The third-order valence-corrected chi connectivity index (χ3v) is 3.92. The molecule has 1 saturated heterocycles. The van der Waals surface area contributed by atoms with Crippen molar-refractivity contribution in [2.75, 3.05) is 6.54 Å². The number of hydrogen-bond donors (Lipinski definition) is 2. The third kappa shape index (κ3) is 3.94. The van der Waals surface area contributed by atoms with E-state index in [-0.39, 0.29) is 11.7 Å². The molecule has 0 radical (unpaired) electrons. The molecule has 1 aliphatic carbocycles. The number of benzene rings is 1. The van der Waals surface area contributed by atoms with Crippen LogP contribution in [0.4, 0.5) is 4.39 Å². The van der Waals surface area contributed by atoms with Crippen molar-refractivity contribution < 1.29 is 13.9 Å². The number of amides is 1. The highest BCUT2D eigenvalue weighted by Crippen LogP contribution is 2.23. The Hall–Kier alpha value is -1.62. The van der Waals surface area contributed by atoms with E-state index in [2.05, 4.69) is 10.6 Å². The number of hydrogen-bond acceptors (Lipinski definition) is 3. The van der Waals surface area contributed by atoms with Crippen LogP contribution < -0.4 is 15.4 Å². The Kier molecular flexibility index (Phi) is 4.39. The highest BCUT2D eigenvalue weighted by atomic mass is 19.1. The highest BCUT2D eigenvalue weighted by molar-refractivity contribution is 5.81. The van der Waals surface area contributed by atoms with Crippen LogP contribution in [0.5, 0.6) is 5.75 Å². The Labute approximate surface area is 124 Å². The minimum absolute atomic E-state index is 0.147. The summed E-state index contributed by atoms with van der Waals surface area (Å²) in [6, 6.07) is 5.55. The molecular formula is C16H21FN2O2. The summed E-state index contributed by atoms with van der Waals surface area (Å²) in [5.74, 6) is -0.388. The largest absolute Gasteiger partial charge is 0.478 e. The van der Waals surface area contributed by atoms with Gasteiger partial charge in [-0.15, -0.1) is 0 Å². The summed E-state index contributed by atoms with van der Waals surface area (Å²) in [4.78, 5) is 11.8. The van der Waals surface area contributed by atoms with Gasteiger partial charge in [-0.3, -0.25) is 4.79 Å². The van der Waals surface area contributed by atoms with Crippen molar-refractivity contribution in [3.05, 3.63) is 29.6 Å². The van der Waals surface area contributed by atoms with Gasteiger partial charge < -0.3 is 15.4 Å². The molecule has 1 amide bonds. The van der Waals surface area contributed by atoms with Crippen molar-refractivity contribution >= 4 is 5.91 Å². The van der Waals surface area contributed by atoms with E-state index >= 15 is 0 Å². The zero-order valence-electron chi connectivity index (χ0n) is 12.0. The molecule has 21 heavy (non-hydrogen) atoms. The molecule has 1 heterocycles. The predicted octanol–water partition coefficient (Wildman–Crippen LogP) is 2.13. The molecule has 1 atom stereocenters. The molecule has 0 spiro atoms. The van der Waals surface area contributed by atoms with Gasteiger partial charge in [0.25, 0.3) is 5.91 Å². The van der Waals surface area contributed by atoms with Gasteiger partial charge in [0.05, 0.1) is 0 Å². The van der Waals surface area contributed by atoms with Crippen molar-refractivity contribution in [3.63, 3.8) is 0 Å². The van der Waals surface area contributed by atoms with E-state index in [4.69, 9.17) is 4.74 Å². The Bertz CT molecular complexity index is 517. The van der Waals surface area contributed by atoms with Crippen LogP contribution in [-0.4, -0.2) is 24.6 Å². The molecular weight excluding hydrogens is 271 g/mol. The summed E-state index contributed by atoms with van der Waals surface area (Å²) in [5, 5.41) is 6.13. The SMILES string of the molecule is O=C1NCCCCC1Oc1ccc(CNC2CC2)cc1F. The lowest BCUT2D eigenvalue weighted by Gasteiger charge is -2.16. The summed E-state index contributed by atoms with van der Waals surface area (Å²) in [6.45, 7) is 1.35. The molecule has 0 bridgehead atoms. The highest BCUT2D eigenvalue weighted by Gasteiger charge is 2.24. The topological polar surface area (TPSA) is 50.4 Å². The van der Waals surface area contributed by atoms with E-state index in [1.54, 1.807) is 6.07 Å². The second-order valence-electron chi connectivity index (χ2n) is 5.81. The fraction of sp³-hybridized carbons (Fsp3) is 0.562. The maximum Gasteiger partial charge on any atom is 0.261 e. The first-order valence-electron chi connectivity index (χ1n) is 7.68. The molecule has 2 fully saturated rings. The van der Waals surface area contributed by atoms with Crippen LogP contribution in [0, 0.1) is 5.82 Å². The van der Waals surface area contributed by atoms with Crippen LogP contribution in [0.3, 0.4) is 0 Å². The monoisotopic (exact) mass is 292 g/mol. The first-order valence-corrected chi connectivity index (χ1v) is 7.68. The van der Waals surface area contributed by atoms with Gasteiger partial charge in [-0.1, -0.05) is 6.07 Å². The second-order valence-corrected chi connectivity index (χ2v) is 5.81. The van der Waals surface area contributed by atoms with E-state index in [0.717, 1.165) is 18.4 Å². The smallest absolute Gasteiger partial charge is 0.261 e. The van der Waals surface area contributed by atoms with Crippen LogP contribution in [-0.2, 0) is 11.3 Å². The number of nitrogens with one attached hydrogen (secondary N) is 2. The summed E-state index contributed by atoms with van der Waals surface area (Å²) in [6.07, 6.45) is 4.32. The summed E-state index contributed by atoms with van der Waals surface area (Å²) < 4.78 is 19.7. The van der Waals surface area contributed by atoms with Crippen molar-refractivity contribution in [1.29, 1.82) is 0 Å². The fourth-order valence-corrected chi connectivity index (χ4v) is 2.48. The number of halogens is 1. The third-order valence-electron chi connectivity index (χ3n) is 3.92. The van der Waals surface area contributed by atoms with Gasteiger partial charge in [0.2, 0.25) is 0 Å². The number of carbonyl (C=O) groups excluding carboxylic acids is 1. The second kappa shape index (κ2) is 6.43. The van der Waals surface area contributed by atoms with Crippen molar-refractivity contribution in [2.45, 2.75) is 50.8 Å². The fourth-order valence-electron chi connectivity index (χ4n) is 2.48. The molecule has 2 aliphatic rings. The van der Waals surface area contributed by atoms with Crippen LogP contribution in [0.15, 0.2) is 18.2 Å². The van der Waals surface area contributed by atoms with Crippen molar-refractivity contribution in [2.24, 2.45) is 0 Å². The molecule has 1 unspecified atom stereocenters. The van der Waals surface area contributed by atoms with Gasteiger partial charge in [0.1, 0.15) is 0 Å². The first-order chi connectivity index (χ1) is 10.2. The lowest BCUT2D eigenvalue weighted by molar-refractivity contribution is -0.127. The van der Waals surface area contributed by atoms with E-state index < -0.39 is 11.9 Å². The zero-order chi connectivity index (χ0) is 14.7. The molecule has 5 heteroatoms. The van der Waals surface area contributed by atoms with Gasteiger partial charge in [-0.05, 0) is 49.8 Å². The Morgan fingerprint density at radius 3 is 2.90 bits per heavy atom. The predicted molar refractivity (Wildman–Crippen MR) is 77.5 cm³/mol. The zero-order valence-corrected chi connectivity index (χ0v) is 12.0. The lowest BCUT2D eigenvalue weighted by atomic mass is 10.1. The molecule has 1 aromatic rings. The van der Waals surface area contributed by atoms with Crippen molar-refractivity contribution in [1.82, 2.24) is 10.6 Å². The van der Waals surface area contributed by atoms with Crippen LogP contribution in [0.1, 0.15) is 37.7 Å². The molecule has 4 nitrogen and oxygen atoms in total. The van der Waals surface area contributed by atoms with Gasteiger partial charge in [0.15, 0.2) is 17.7 Å². The number of carbonyl (C=O) groups is 1. The molecule has 1 aromatic carbocycles. The normalized spacial score (nSPS) is 22.5. The van der Waals surface area contributed by atoms with Crippen LogP contribution in [0.2, 0.25) is 0 Å². The van der Waals surface area contributed by atoms with Gasteiger partial charge >= 0.3 is 0 Å². The summed E-state index contributed by atoms with van der Waals surface area (Å²) in [7, 11) is 0. The summed E-state index contributed by atoms with van der Waals surface area (Å²) >= 11 is 0. The average molecular weight is 292 g/mol. The average Bonchev–Trinajstić information content (AvgIpc) is 3.29. The molecule has 1 aliphatic heterocycles. The maximum atomic E-state index is 14.1. The lowest BCUT2D eigenvalue weighted by Crippen LogP contribution is -2.36. The van der Waals surface area contributed by atoms with E-state index in [1.165, 1.54) is 18.9 Å². The van der Waals surface area contributed by atoms with Gasteiger partial charge in [-0.2, -0.15) is 0 Å². The van der Waals surface area contributed by atoms with Gasteiger partial charge in [0, 0.05) is 19.1 Å². The standard InChI is InChI=1S/C16H21FN2O2/c17-13-9-11(10-19-12-5-6-12)4-7-14(13)21-15-3-1-2-8-18-16(15)20/h4,7,9,12,15,19H,1-3,5-6,8,10H2,(H,18,20). The van der Waals surface area contributed by atoms with E-state index in [9.17, 15) is 9.18 Å². The summed E-state index contributed by atoms with van der Waals surface area (Å²) in [5.41, 5.74) is 0.900. The van der Waals surface area contributed by atoms with Crippen LogP contribution >= 0.6 is 0 Å².